The molecule has 21 heavy (non-hydrogen) atoms. The predicted octanol–water partition coefficient (Wildman–Crippen LogP) is 1.44. The topological polar surface area (TPSA) is 69.6 Å². The first-order chi connectivity index (χ1) is 9.99. The molecule has 1 aliphatic carbocycles. The van der Waals surface area contributed by atoms with Crippen LogP contribution in [0.5, 0.6) is 0 Å². The van der Waals surface area contributed by atoms with Gasteiger partial charge in [0.2, 0.25) is 11.8 Å². The Morgan fingerprint density at radius 1 is 1.43 bits per heavy atom. The fraction of sp³-hybridized carbons (Fsp3) is 0.875. The number of carbonyl (C=O) groups excluding carboxylic acids is 2. The minimum Gasteiger partial charge on any atom is -0.396 e. The van der Waals surface area contributed by atoms with Gasteiger partial charge in [0.1, 0.15) is 0 Å². The van der Waals surface area contributed by atoms with Crippen LogP contribution in [-0.2, 0) is 9.59 Å². The number of likely N-dealkylation sites (tertiary alicyclic amines) is 1. The van der Waals surface area contributed by atoms with E-state index in [4.69, 9.17) is 5.11 Å². The van der Waals surface area contributed by atoms with Crippen molar-refractivity contribution in [3.63, 3.8) is 0 Å². The van der Waals surface area contributed by atoms with Gasteiger partial charge in [0.05, 0.1) is 5.92 Å². The van der Waals surface area contributed by atoms with Crippen LogP contribution in [0.1, 0.15) is 58.8 Å². The van der Waals surface area contributed by atoms with Gasteiger partial charge in [0, 0.05) is 31.2 Å². The minimum absolute atomic E-state index is 0.0401. The molecule has 0 spiro atoms. The number of aliphatic hydroxyl groups excluding tert-OH is 1. The summed E-state index contributed by atoms with van der Waals surface area (Å²) >= 11 is 0. The van der Waals surface area contributed by atoms with Crippen LogP contribution >= 0.6 is 0 Å². The van der Waals surface area contributed by atoms with Crippen LogP contribution in [0.3, 0.4) is 0 Å². The molecule has 1 saturated carbocycles. The number of hydrogen-bond donors (Lipinski definition) is 2. The second-order valence-electron chi connectivity index (χ2n) is 6.76. The Kier molecular flexibility index (Phi) is 5.25. The number of aliphatic hydroxyl groups is 1. The van der Waals surface area contributed by atoms with Crippen LogP contribution in [-0.4, -0.2) is 46.6 Å². The van der Waals surface area contributed by atoms with Gasteiger partial charge in [-0.3, -0.25) is 9.59 Å². The van der Waals surface area contributed by atoms with Crippen molar-refractivity contribution < 1.29 is 14.7 Å². The third kappa shape index (κ3) is 3.76. The van der Waals surface area contributed by atoms with Gasteiger partial charge >= 0.3 is 0 Å². The number of nitrogens with one attached hydrogen (secondary N) is 1. The smallest absolute Gasteiger partial charge is 0.225 e. The summed E-state index contributed by atoms with van der Waals surface area (Å²) in [6, 6.07) is 0.352. The van der Waals surface area contributed by atoms with Gasteiger partial charge in [-0.05, 0) is 32.6 Å². The van der Waals surface area contributed by atoms with Crippen molar-refractivity contribution in [3.05, 3.63) is 0 Å². The molecule has 2 N–H and O–H groups in total. The standard InChI is InChI=1S/C16H28N2O3/c1-3-16(2,8-9-19)17-15(21)12-10-14(20)18(11-12)13-6-4-5-7-13/h12-13,19H,3-11H2,1-2H3,(H,17,21). The summed E-state index contributed by atoms with van der Waals surface area (Å²) in [5.74, 6) is -0.147. The second kappa shape index (κ2) is 6.77. The van der Waals surface area contributed by atoms with E-state index in [1.807, 2.05) is 18.7 Å². The zero-order valence-electron chi connectivity index (χ0n) is 13.2. The van der Waals surface area contributed by atoms with E-state index in [1.54, 1.807) is 0 Å². The zero-order valence-corrected chi connectivity index (χ0v) is 13.2. The lowest BCUT2D eigenvalue weighted by Crippen LogP contribution is -2.49. The summed E-state index contributed by atoms with van der Waals surface area (Å²) in [5.41, 5.74) is -0.379. The molecule has 2 unspecified atom stereocenters. The third-order valence-corrected chi connectivity index (χ3v) is 5.16. The summed E-state index contributed by atoms with van der Waals surface area (Å²) in [7, 11) is 0. The molecule has 1 heterocycles. The maximum atomic E-state index is 12.4. The van der Waals surface area contributed by atoms with Gasteiger partial charge in [-0.25, -0.2) is 0 Å². The molecule has 0 aromatic heterocycles. The molecule has 0 aromatic carbocycles. The van der Waals surface area contributed by atoms with Gasteiger partial charge in [0.15, 0.2) is 0 Å². The average molecular weight is 296 g/mol. The third-order valence-electron chi connectivity index (χ3n) is 5.16. The van der Waals surface area contributed by atoms with E-state index >= 15 is 0 Å². The first-order valence-corrected chi connectivity index (χ1v) is 8.21. The monoisotopic (exact) mass is 296 g/mol. The van der Waals surface area contributed by atoms with Gasteiger partial charge in [0.25, 0.3) is 0 Å². The number of amides is 2. The highest BCUT2D eigenvalue weighted by Gasteiger charge is 2.39. The molecule has 0 bridgehead atoms. The van der Waals surface area contributed by atoms with Gasteiger partial charge < -0.3 is 15.3 Å². The average Bonchev–Trinajstić information content (AvgIpc) is 3.07. The van der Waals surface area contributed by atoms with Crippen molar-refractivity contribution in [2.24, 2.45) is 5.92 Å². The fourth-order valence-corrected chi connectivity index (χ4v) is 3.45. The Labute approximate surface area is 127 Å². The SMILES string of the molecule is CCC(C)(CCO)NC(=O)C1CC(=O)N(C2CCCC2)C1. The lowest BCUT2D eigenvalue weighted by Gasteiger charge is -2.30. The summed E-state index contributed by atoms with van der Waals surface area (Å²) in [5, 5.41) is 12.2. The fourth-order valence-electron chi connectivity index (χ4n) is 3.45. The van der Waals surface area contributed by atoms with Crippen LogP contribution in [0.25, 0.3) is 0 Å². The molecular formula is C16H28N2O3. The molecule has 2 rings (SSSR count). The van der Waals surface area contributed by atoms with Gasteiger partial charge in [-0.15, -0.1) is 0 Å². The number of nitrogens with zero attached hydrogens (tertiary/aromatic N) is 1. The molecule has 2 atom stereocenters. The van der Waals surface area contributed by atoms with Crippen molar-refractivity contribution >= 4 is 11.8 Å². The molecule has 0 aromatic rings. The summed E-state index contributed by atoms with van der Waals surface area (Å²) in [4.78, 5) is 26.5. The van der Waals surface area contributed by atoms with E-state index < -0.39 is 0 Å². The number of carbonyl (C=O) groups is 2. The highest BCUT2D eigenvalue weighted by Crippen LogP contribution is 2.30. The van der Waals surface area contributed by atoms with E-state index in [0.29, 0.717) is 25.4 Å². The van der Waals surface area contributed by atoms with E-state index in [9.17, 15) is 9.59 Å². The lowest BCUT2D eigenvalue weighted by atomic mass is 9.93. The molecule has 1 aliphatic heterocycles. The Hall–Kier alpha value is -1.10. The minimum atomic E-state index is -0.379. The number of hydrogen-bond acceptors (Lipinski definition) is 3. The van der Waals surface area contributed by atoms with E-state index in [1.165, 1.54) is 12.8 Å². The van der Waals surface area contributed by atoms with Crippen molar-refractivity contribution in [1.82, 2.24) is 10.2 Å². The van der Waals surface area contributed by atoms with Crippen molar-refractivity contribution in [1.29, 1.82) is 0 Å². The maximum absolute atomic E-state index is 12.4. The van der Waals surface area contributed by atoms with E-state index in [-0.39, 0.29) is 29.9 Å². The van der Waals surface area contributed by atoms with Crippen molar-refractivity contribution in [2.75, 3.05) is 13.2 Å². The molecule has 120 valence electrons. The number of rotatable bonds is 6. The lowest BCUT2D eigenvalue weighted by molar-refractivity contribution is -0.130. The molecule has 1 saturated heterocycles. The van der Waals surface area contributed by atoms with Crippen LogP contribution in [0.4, 0.5) is 0 Å². The summed E-state index contributed by atoms with van der Waals surface area (Å²) in [6.07, 6.45) is 6.19. The van der Waals surface area contributed by atoms with Crippen molar-refractivity contribution in [3.8, 4) is 0 Å². The largest absolute Gasteiger partial charge is 0.396 e. The van der Waals surface area contributed by atoms with Crippen LogP contribution in [0.2, 0.25) is 0 Å². The molecule has 2 aliphatic rings. The van der Waals surface area contributed by atoms with Crippen molar-refractivity contribution in [2.45, 2.75) is 70.4 Å². The van der Waals surface area contributed by atoms with Gasteiger partial charge in [-0.2, -0.15) is 0 Å². The molecular weight excluding hydrogens is 268 g/mol. The molecule has 0 radical (unpaired) electrons. The zero-order chi connectivity index (χ0) is 15.5. The molecule has 2 fully saturated rings. The first-order valence-electron chi connectivity index (χ1n) is 8.21. The molecule has 5 heteroatoms. The van der Waals surface area contributed by atoms with E-state index in [2.05, 4.69) is 5.32 Å². The predicted molar refractivity (Wildman–Crippen MR) is 80.6 cm³/mol. The Morgan fingerprint density at radius 2 is 2.10 bits per heavy atom. The highest BCUT2D eigenvalue weighted by atomic mass is 16.3. The first kappa shape index (κ1) is 16.3. The van der Waals surface area contributed by atoms with Crippen LogP contribution in [0, 0.1) is 5.92 Å². The Bertz CT molecular complexity index is 393. The molecule has 2 amide bonds. The summed E-state index contributed by atoms with van der Waals surface area (Å²) < 4.78 is 0. The normalized spacial score (nSPS) is 26.1. The second-order valence-corrected chi connectivity index (χ2v) is 6.76. The molecule has 5 nitrogen and oxygen atoms in total. The van der Waals surface area contributed by atoms with E-state index in [0.717, 1.165) is 19.3 Å². The maximum Gasteiger partial charge on any atom is 0.225 e. The van der Waals surface area contributed by atoms with Crippen LogP contribution < -0.4 is 5.32 Å². The van der Waals surface area contributed by atoms with Crippen LogP contribution in [0.15, 0.2) is 0 Å². The van der Waals surface area contributed by atoms with Gasteiger partial charge in [-0.1, -0.05) is 19.8 Å². The summed E-state index contributed by atoms with van der Waals surface area (Å²) in [6.45, 7) is 4.57. The highest BCUT2D eigenvalue weighted by molar-refractivity contribution is 5.89. The quantitative estimate of drug-likeness (QED) is 0.779. The Morgan fingerprint density at radius 3 is 2.67 bits per heavy atom. The Balaban J connectivity index is 1.93.